The first-order valence-electron chi connectivity index (χ1n) is 8.58. The van der Waals surface area contributed by atoms with Gasteiger partial charge in [0.15, 0.2) is 0 Å². The van der Waals surface area contributed by atoms with Crippen molar-refractivity contribution >= 4 is 17.7 Å². The molecule has 3 aromatic carbocycles. The number of nitrogens with zero attached hydrogens (tertiary/aromatic N) is 1. The van der Waals surface area contributed by atoms with Crippen LogP contribution in [0.2, 0.25) is 0 Å². The molecule has 0 unspecified atom stereocenters. The molecule has 0 saturated heterocycles. The van der Waals surface area contributed by atoms with Crippen LogP contribution < -0.4 is 14.8 Å². The lowest BCUT2D eigenvalue weighted by Crippen LogP contribution is -2.13. The van der Waals surface area contributed by atoms with Gasteiger partial charge in [-0.3, -0.25) is 4.79 Å². The highest BCUT2D eigenvalue weighted by molar-refractivity contribution is 6.09. The second-order valence-electron chi connectivity index (χ2n) is 5.84. The summed E-state index contributed by atoms with van der Waals surface area (Å²) in [5.41, 5.74) is 1.26. The number of nitrogens with one attached hydrogen (secondary N) is 1. The molecule has 0 aliphatic rings. The van der Waals surface area contributed by atoms with E-state index in [0.717, 1.165) is 0 Å². The number of carbonyl (C=O) groups is 1. The third-order valence-corrected chi connectivity index (χ3v) is 3.86. The molecule has 5 nitrogen and oxygen atoms in total. The topological polar surface area (TPSA) is 71.3 Å². The summed E-state index contributed by atoms with van der Waals surface area (Å²) in [6.07, 6.45) is 1.52. The van der Waals surface area contributed by atoms with Crippen molar-refractivity contribution in [3.63, 3.8) is 0 Å². The number of rotatable bonds is 6. The second kappa shape index (κ2) is 9.06. The molecule has 0 bridgehead atoms. The van der Waals surface area contributed by atoms with Crippen LogP contribution in [0.1, 0.15) is 5.56 Å². The average Bonchev–Trinajstić information content (AvgIpc) is 2.73. The van der Waals surface area contributed by atoms with Crippen molar-refractivity contribution in [2.75, 3.05) is 12.4 Å². The summed E-state index contributed by atoms with van der Waals surface area (Å²) < 4.78 is 10.9. The molecule has 0 saturated carbocycles. The summed E-state index contributed by atoms with van der Waals surface area (Å²) in [5.74, 6) is 1.53. The number of anilines is 1. The van der Waals surface area contributed by atoms with Crippen molar-refractivity contribution in [2.24, 2.45) is 0 Å². The van der Waals surface area contributed by atoms with Crippen LogP contribution >= 0.6 is 0 Å². The number of hydrogen-bond acceptors (Lipinski definition) is 4. The minimum atomic E-state index is -0.484. The van der Waals surface area contributed by atoms with E-state index in [9.17, 15) is 10.1 Å². The highest BCUT2D eigenvalue weighted by atomic mass is 16.5. The molecule has 1 amide bonds. The fraction of sp³-hybridized carbons (Fsp3) is 0.0435. The summed E-state index contributed by atoms with van der Waals surface area (Å²) in [5, 5.41) is 12.1. The maximum atomic E-state index is 12.4. The average molecular weight is 370 g/mol. The van der Waals surface area contributed by atoms with Crippen molar-refractivity contribution in [1.29, 1.82) is 5.26 Å². The van der Waals surface area contributed by atoms with E-state index in [0.29, 0.717) is 28.5 Å². The summed E-state index contributed by atoms with van der Waals surface area (Å²) in [6, 6.07) is 25.4. The second-order valence-corrected chi connectivity index (χ2v) is 5.84. The highest BCUT2D eigenvalue weighted by Gasteiger charge is 2.10. The van der Waals surface area contributed by atoms with E-state index in [1.54, 1.807) is 49.6 Å². The number of benzene rings is 3. The van der Waals surface area contributed by atoms with Gasteiger partial charge < -0.3 is 14.8 Å². The molecule has 3 rings (SSSR count). The van der Waals surface area contributed by atoms with Gasteiger partial charge in [-0.05, 0) is 60.2 Å². The van der Waals surface area contributed by atoms with Gasteiger partial charge in [-0.15, -0.1) is 0 Å². The van der Waals surface area contributed by atoms with Crippen molar-refractivity contribution in [1.82, 2.24) is 0 Å². The zero-order valence-corrected chi connectivity index (χ0v) is 15.3. The lowest BCUT2D eigenvalue weighted by molar-refractivity contribution is -0.112. The van der Waals surface area contributed by atoms with Gasteiger partial charge in [-0.2, -0.15) is 5.26 Å². The van der Waals surface area contributed by atoms with Crippen LogP contribution in [0.4, 0.5) is 5.69 Å². The number of hydrogen-bond donors (Lipinski definition) is 1. The molecule has 0 aliphatic heterocycles. The molecule has 0 atom stereocenters. The van der Waals surface area contributed by atoms with E-state index < -0.39 is 5.91 Å². The van der Waals surface area contributed by atoms with E-state index in [2.05, 4.69) is 5.32 Å². The van der Waals surface area contributed by atoms with E-state index in [1.165, 1.54) is 6.08 Å². The Kier molecular flexibility index (Phi) is 6.06. The summed E-state index contributed by atoms with van der Waals surface area (Å²) in [6.45, 7) is 0. The van der Waals surface area contributed by atoms with Crippen LogP contribution in [0.15, 0.2) is 84.4 Å². The highest BCUT2D eigenvalue weighted by Crippen LogP contribution is 2.23. The fourth-order valence-electron chi connectivity index (χ4n) is 2.48. The first-order chi connectivity index (χ1) is 13.7. The molecule has 0 heterocycles. The minimum Gasteiger partial charge on any atom is -0.497 e. The Morgan fingerprint density at radius 3 is 2.32 bits per heavy atom. The summed E-state index contributed by atoms with van der Waals surface area (Å²) in [4.78, 5) is 12.4. The van der Waals surface area contributed by atoms with Gasteiger partial charge in [-0.1, -0.05) is 30.3 Å². The molecule has 0 radical (unpaired) electrons. The third kappa shape index (κ3) is 4.99. The molecule has 138 valence electrons. The van der Waals surface area contributed by atoms with Gasteiger partial charge in [0, 0.05) is 5.69 Å². The quantitative estimate of drug-likeness (QED) is 0.488. The van der Waals surface area contributed by atoms with Gasteiger partial charge in [0.1, 0.15) is 28.9 Å². The largest absolute Gasteiger partial charge is 0.497 e. The van der Waals surface area contributed by atoms with Crippen LogP contribution in [0, 0.1) is 11.3 Å². The van der Waals surface area contributed by atoms with Crippen LogP contribution in [-0.2, 0) is 4.79 Å². The van der Waals surface area contributed by atoms with Crippen LogP contribution in [-0.4, -0.2) is 13.0 Å². The monoisotopic (exact) mass is 370 g/mol. The predicted octanol–water partition coefficient (Wildman–Crippen LogP) is 5.03. The standard InChI is InChI=1S/C23H18N2O3/c1-27-20-12-10-19(11-13-20)25-23(26)18(16-24)14-17-6-5-9-22(15-17)28-21-7-3-2-4-8-21/h2-15H,1H3,(H,25,26)/b18-14-. The van der Waals surface area contributed by atoms with E-state index in [1.807, 2.05) is 42.5 Å². The lowest BCUT2D eigenvalue weighted by Gasteiger charge is -2.07. The molecule has 3 aromatic rings. The van der Waals surface area contributed by atoms with Crippen molar-refractivity contribution in [2.45, 2.75) is 0 Å². The molecule has 28 heavy (non-hydrogen) atoms. The number of para-hydroxylation sites is 1. The molecular formula is C23H18N2O3. The minimum absolute atomic E-state index is 0.00678. The Balaban J connectivity index is 1.75. The van der Waals surface area contributed by atoms with Gasteiger partial charge in [-0.25, -0.2) is 0 Å². The fourth-order valence-corrected chi connectivity index (χ4v) is 2.48. The van der Waals surface area contributed by atoms with Crippen molar-refractivity contribution in [3.8, 4) is 23.3 Å². The van der Waals surface area contributed by atoms with Crippen molar-refractivity contribution < 1.29 is 14.3 Å². The Hall–Kier alpha value is -4.04. The zero-order chi connectivity index (χ0) is 19.8. The number of carbonyl (C=O) groups excluding carboxylic acids is 1. The van der Waals surface area contributed by atoms with E-state index >= 15 is 0 Å². The molecule has 0 spiro atoms. The zero-order valence-electron chi connectivity index (χ0n) is 15.3. The number of nitriles is 1. The molecular weight excluding hydrogens is 352 g/mol. The summed E-state index contributed by atoms with van der Waals surface area (Å²) in [7, 11) is 1.57. The Morgan fingerprint density at radius 2 is 1.64 bits per heavy atom. The molecule has 1 N–H and O–H groups in total. The maximum Gasteiger partial charge on any atom is 0.266 e. The third-order valence-electron chi connectivity index (χ3n) is 3.86. The van der Waals surface area contributed by atoms with Crippen molar-refractivity contribution in [3.05, 3.63) is 90.0 Å². The first-order valence-corrected chi connectivity index (χ1v) is 8.58. The maximum absolute atomic E-state index is 12.4. The predicted molar refractivity (Wildman–Crippen MR) is 108 cm³/mol. The molecule has 0 aliphatic carbocycles. The van der Waals surface area contributed by atoms with E-state index in [4.69, 9.17) is 9.47 Å². The van der Waals surface area contributed by atoms with Gasteiger partial charge >= 0.3 is 0 Å². The smallest absolute Gasteiger partial charge is 0.266 e. The lowest BCUT2D eigenvalue weighted by atomic mass is 10.1. The van der Waals surface area contributed by atoms with Crippen LogP contribution in [0.5, 0.6) is 17.2 Å². The van der Waals surface area contributed by atoms with E-state index in [-0.39, 0.29) is 5.57 Å². The normalized spacial score (nSPS) is 10.6. The van der Waals surface area contributed by atoms with Gasteiger partial charge in [0.05, 0.1) is 7.11 Å². The van der Waals surface area contributed by atoms with Crippen LogP contribution in [0.3, 0.4) is 0 Å². The Bertz CT molecular complexity index is 1020. The number of amides is 1. The van der Waals surface area contributed by atoms with Gasteiger partial charge in [0.2, 0.25) is 0 Å². The Morgan fingerprint density at radius 1 is 0.929 bits per heavy atom. The molecule has 0 fully saturated rings. The van der Waals surface area contributed by atoms with Crippen LogP contribution in [0.25, 0.3) is 6.08 Å². The first kappa shape index (κ1) is 18.7. The molecule has 0 aromatic heterocycles. The summed E-state index contributed by atoms with van der Waals surface area (Å²) >= 11 is 0. The Labute approximate surface area is 163 Å². The number of methoxy groups -OCH3 is 1. The molecule has 5 heteroatoms. The number of ether oxygens (including phenoxy) is 2. The van der Waals surface area contributed by atoms with Gasteiger partial charge in [0.25, 0.3) is 5.91 Å². The SMILES string of the molecule is COc1ccc(NC(=O)/C(C#N)=C\c2cccc(Oc3ccccc3)c2)cc1.